The average Bonchev–Trinajstić information content (AvgIpc) is 3.31. The Bertz CT molecular complexity index is 749. The number of fused-ring (bicyclic) bond motifs is 1. The highest BCUT2D eigenvalue weighted by atomic mass is 16.4. The summed E-state index contributed by atoms with van der Waals surface area (Å²) in [6, 6.07) is 6.92. The molecule has 0 aromatic heterocycles. The first-order chi connectivity index (χ1) is 11.6. The Kier molecular flexibility index (Phi) is 4.43. The number of carboxylic acid groups (broad SMARTS) is 1. The van der Waals surface area contributed by atoms with Gasteiger partial charge < -0.3 is 5.11 Å². The molecule has 2 aliphatic carbocycles. The lowest BCUT2D eigenvalue weighted by atomic mass is 9.63. The third-order valence-electron chi connectivity index (χ3n) is 6.17. The molecule has 134 valence electrons. The number of aliphatic carboxylic acids is 1. The first-order valence-corrected chi connectivity index (χ1v) is 9.35. The van der Waals surface area contributed by atoms with Crippen LogP contribution in [0.2, 0.25) is 0 Å². The zero-order chi connectivity index (χ0) is 18.4. The fourth-order valence-corrected chi connectivity index (χ4v) is 3.98. The van der Waals surface area contributed by atoms with E-state index in [0.29, 0.717) is 0 Å². The largest absolute Gasteiger partial charge is 0.481 e. The van der Waals surface area contributed by atoms with E-state index in [1.807, 2.05) is 12.2 Å². The van der Waals surface area contributed by atoms with Crippen molar-refractivity contribution in [2.24, 2.45) is 11.8 Å². The Balaban J connectivity index is 1.83. The van der Waals surface area contributed by atoms with Gasteiger partial charge in [0.25, 0.3) is 0 Å². The van der Waals surface area contributed by atoms with Gasteiger partial charge in [0, 0.05) is 0 Å². The third-order valence-corrected chi connectivity index (χ3v) is 6.17. The average molecular weight is 338 g/mol. The molecule has 0 radical (unpaired) electrons. The van der Waals surface area contributed by atoms with Crippen LogP contribution in [0.3, 0.4) is 0 Å². The molecule has 2 heteroatoms. The summed E-state index contributed by atoms with van der Waals surface area (Å²) in [6.45, 7) is 11.5. The molecule has 1 fully saturated rings. The lowest BCUT2D eigenvalue weighted by molar-refractivity contribution is -0.138. The molecule has 0 amide bonds. The second kappa shape index (κ2) is 6.16. The van der Waals surface area contributed by atoms with Crippen molar-refractivity contribution in [3.8, 4) is 0 Å². The molecule has 0 heterocycles. The summed E-state index contributed by atoms with van der Waals surface area (Å²) in [4.78, 5) is 10.9. The minimum atomic E-state index is -0.671. The summed E-state index contributed by atoms with van der Waals surface area (Å²) in [7, 11) is 0. The van der Waals surface area contributed by atoms with Crippen LogP contribution in [0.4, 0.5) is 0 Å². The van der Waals surface area contributed by atoms with Crippen molar-refractivity contribution in [1.29, 1.82) is 0 Å². The van der Waals surface area contributed by atoms with Gasteiger partial charge in [0.1, 0.15) is 0 Å². The number of rotatable bonds is 4. The van der Waals surface area contributed by atoms with Crippen LogP contribution in [0.5, 0.6) is 0 Å². The summed E-state index contributed by atoms with van der Waals surface area (Å²) < 4.78 is 0. The Morgan fingerprint density at radius 3 is 2.36 bits per heavy atom. The molecule has 0 bridgehead atoms. The predicted molar refractivity (Wildman–Crippen MR) is 104 cm³/mol. The van der Waals surface area contributed by atoms with Crippen LogP contribution in [0.1, 0.15) is 70.6 Å². The van der Waals surface area contributed by atoms with Crippen LogP contribution < -0.4 is 0 Å². The predicted octanol–water partition coefficient (Wildman–Crippen LogP) is 5.72. The SMILES string of the molecule is C/C(=C\C=C\[C@H]1C[C@H]1C(=O)O)c1ccc2c(c1)C(C)(C)CCC2(C)C. The molecule has 1 saturated carbocycles. The molecular weight excluding hydrogens is 308 g/mol. The van der Waals surface area contributed by atoms with Gasteiger partial charge >= 0.3 is 5.97 Å². The van der Waals surface area contributed by atoms with E-state index in [1.54, 1.807) is 0 Å². The van der Waals surface area contributed by atoms with E-state index in [1.165, 1.54) is 35.1 Å². The minimum Gasteiger partial charge on any atom is -0.481 e. The first-order valence-electron chi connectivity index (χ1n) is 9.35. The molecule has 0 spiro atoms. The lowest BCUT2D eigenvalue weighted by Crippen LogP contribution is -2.33. The van der Waals surface area contributed by atoms with E-state index >= 15 is 0 Å². The van der Waals surface area contributed by atoms with Crippen molar-refractivity contribution in [2.75, 3.05) is 0 Å². The lowest BCUT2D eigenvalue weighted by Gasteiger charge is -2.42. The Labute approximate surface area is 151 Å². The van der Waals surface area contributed by atoms with Crippen LogP contribution in [0, 0.1) is 11.8 Å². The van der Waals surface area contributed by atoms with Crippen molar-refractivity contribution >= 4 is 11.5 Å². The van der Waals surface area contributed by atoms with Crippen molar-refractivity contribution in [3.05, 3.63) is 53.1 Å². The smallest absolute Gasteiger partial charge is 0.307 e. The molecule has 1 aromatic carbocycles. The normalized spacial score (nSPS) is 27.2. The molecule has 0 unspecified atom stereocenters. The second-order valence-corrected chi connectivity index (χ2v) is 9.11. The van der Waals surface area contributed by atoms with Gasteiger partial charge in [0.05, 0.1) is 5.92 Å². The number of hydrogen-bond acceptors (Lipinski definition) is 1. The molecule has 2 nitrogen and oxygen atoms in total. The highest BCUT2D eigenvalue weighted by Gasteiger charge is 2.41. The Morgan fingerprint density at radius 1 is 1.12 bits per heavy atom. The maximum Gasteiger partial charge on any atom is 0.307 e. The summed E-state index contributed by atoms with van der Waals surface area (Å²) in [5.41, 5.74) is 5.92. The molecule has 1 N–H and O–H groups in total. The van der Waals surface area contributed by atoms with E-state index in [4.69, 9.17) is 5.11 Å². The van der Waals surface area contributed by atoms with Gasteiger partial charge in [-0.3, -0.25) is 4.79 Å². The quantitative estimate of drug-likeness (QED) is 0.713. The number of carbonyl (C=O) groups is 1. The fourth-order valence-electron chi connectivity index (χ4n) is 3.98. The van der Waals surface area contributed by atoms with Crippen molar-refractivity contribution < 1.29 is 9.90 Å². The third kappa shape index (κ3) is 3.58. The fraction of sp³-hybridized carbons (Fsp3) is 0.522. The summed E-state index contributed by atoms with van der Waals surface area (Å²) >= 11 is 0. The van der Waals surface area contributed by atoms with Crippen LogP contribution in [-0.4, -0.2) is 11.1 Å². The molecule has 25 heavy (non-hydrogen) atoms. The van der Waals surface area contributed by atoms with E-state index in [0.717, 1.165) is 6.42 Å². The number of carboxylic acids is 1. The molecule has 0 saturated heterocycles. The van der Waals surface area contributed by atoms with Crippen LogP contribution in [-0.2, 0) is 15.6 Å². The zero-order valence-corrected chi connectivity index (χ0v) is 16.1. The molecule has 0 aliphatic heterocycles. The zero-order valence-electron chi connectivity index (χ0n) is 16.1. The molecular formula is C23H30O2. The van der Waals surface area contributed by atoms with Crippen molar-refractivity contribution in [1.82, 2.24) is 0 Å². The standard InChI is InChI=1S/C23H30O2/c1-15(7-6-8-17-13-18(17)21(24)25)16-9-10-19-20(14-16)23(4,5)12-11-22(19,2)3/h6-10,14,17-18H,11-13H2,1-5H3,(H,24,25)/b8-6+,15-7+/t17-,18+/m0/s1. The topological polar surface area (TPSA) is 37.3 Å². The highest BCUT2D eigenvalue weighted by Crippen LogP contribution is 2.46. The maximum atomic E-state index is 10.9. The van der Waals surface area contributed by atoms with Crippen LogP contribution in [0.25, 0.3) is 5.57 Å². The van der Waals surface area contributed by atoms with E-state index in [9.17, 15) is 4.79 Å². The van der Waals surface area contributed by atoms with E-state index in [-0.39, 0.29) is 22.7 Å². The van der Waals surface area contributed by atoms with Gasteiger partial charge in [0.2, 0.25) is 0 Å². The molecule has 3 rings (SSSR count). The van der Waals surface area contributed by atoms with Crippen molar-refractivity contribution in [2.45, 2.75) is 64.7 Å². The Hall–Kier alpha value is -1.83. The van der Waals surface area contributed by atoms with Gasteiger partial charge in [0.15, 0.2) is 0 Å². The van der Waals surface area contributed by atoms with Crippen LogP contribution in [0.15, 0.2) is 36.4 Å². The van der Waals surface area contributed by atoms with E-state index < -0.39 is 5.97 Å². The van der Waals surface area contributed by atoms with Crippen molar-refractivity contribution in [3.63, 3.8) is 0 Å². The summed E-state index contributed by atoms with van der Waals surface area (Å²) in [5, 5.41) is 8.96. The monoisotopic (exact) mass is 338 g/mol. The van der Waals surface area contributed by atoms with E-state index in [2.05, 4.69) is 58.9 Å². The second-order valence-electron chi connectivity index (χ2n) is 9.11. The number of benzene rings is 1. The van der Waals surface area contributed by atoms with Gasteiger partial charge in [-0.25, -0.2) is 0 Å². The van der Waals surface area contributed by atoms with Gasteiger partial charge in [-0.1, -0.05) is 64.1 Å². The van der Waals surface area contributed by atoms with Crippen LogP contribution >= 0.6 is 0 Å². The molecule has 1 aromatic rings. The summed E-state index contributed by atoms with van der Waals surface area (Å²) in [6.07, 6.45) is 9.40. The summed E-state index contributed by atoms with van der Waals surface area (Å²) in [5.74, 6) is -0.628. The molecule has 2 atom stereocenters. The molecule has 2 aliphatic rings. The highest BCUT2D eigenvalue weighted by molar-refractivity contribution is 5.74. The van der Waals surface area contributed by atoms with Gasteiger partial charge in [-0.15, -0.1) is 0 Å². The number of allylic oxidation sites excluding steroid dienone is 4. The first kappa shape index (κ1) is 18.0. The number of hydrogen-bond donors (Lipinski definition) is 1. The maximum absolute atomic E-state index is 10.9. The minimum absolute atomic E-state index is 0.170. The van der Waals surface area contributed by atoms with Gasteiger partial charge in [-0.2, -0.15) is 0 Å². The Morgan fingerprint density at radius 2 is 1.76 bits per heavy atom. The van der Waals surface area contributed by atoms with Gasteiger partial charge in [-0.05, 0) is 65.2 Å².